The summed E-state index contributed by atoms with van der Waals surface area (Å²) in [6, 6.07) is 5.91. The second-order valence-corrected chi connectivity index (χ2v) is 6.75. The van der Waals surface area contributed by atoms with Crippen molar-refractivity contribution < 1.29 is 9.47 Å². The molecule has 0 saturated carbocycles. The van der Waals surface area contributed by atoms with Crippen LogP contribution < -0.4 is 10.6 Å². The second kappa shape index (κ2) is 15.8. The number of halogens is 1. The van der Waals surface area contributed by atoms with Gasteiger partial charge in [0.1, 0.15) is 5.82 Å². The average Bonchev–Trinajstić information content (AvgIpc) is 3.16. The van der Waals surface area contributed by atoms with Crippen molar-refractivity contribution in [3.8, 4) is 0 Å². The first kappa shape index (κ1) is 24.9. The number of aliphatic imine (C=N–C) groups is 1. The first-order chi connectivity index (χ1) is 13.3. The molecule has 1 aromatic heterocycles. The van der Waals surface area contributed by atoms with Gasteiger partial charge >= 0.3 is 0 Å². The number of rotatable bonds is 12. The van der Waals surface area contributed by atoms with E-state index in [1.165, 1.54) is 0 Å². The zero-order valence-electron chi connectivity index (χ0n) is 17.2. The van der Waals surface area contributed by atoms with Crippen LogP contribution >= 0.6 is 24.0 Å². The standard InChI is InChI=1S/C20H35N5O2.HI/c1-3-21-20(25-13-9-18(16-25)17-27-15-14-26-2)24-12-7-6-11-23-19-8-4-5-10-22-19;/h4-5,8,10,18H,3,6-7,9,11-17H2,1-2H3,(H,21,24)(H,22,23);1H. The highest BCUT2D eigenvalue weighted by Gasteiger charge is 2.24. The lowest BCUT2D eigenvalue weighted by Gasteiger charge is -2.21. The molecule has 1 atom stereocenters. The van der Waals surface area contributed by atoms with Gasteiger partial charge in [-0.1, -0.05) is 6.07 Å². The van der Waals surface area contributed by atoms with Crippen LogP contribution in [0.25, 0.3) is 0 Å². The quantitative estimate of drug-likeness (QED) is 0.197. The smallest absolute Gasteiger partial charge is 0.193 e. The molecule has 8 heteroatoms. The molecule has 1 aromatic rings. The highest BCUT2D eigenvalue weighted by molar-refractivity contribution is 14.0. The first-order valence-electron chi connectivity index (χ1n) is 10.1. The predicted octanol–water partition coefficient (Wildman–Crippen LogP) is 2.84. The van der Waals surface area contributed by atoms with Gasteiger partial charge in [-0.2, -0.15) is 0 Å². The Morgan fingerprint density at radius 1 is 1.32 bits per heavy atom. The van der Waals surface area contributed by atoms with E-state index in [0.717, 1.165) is 70.4 Å². The van der Waals surface area contributed by atoms with Crippen LogP contribution in [0.5, 0.6) is 0 Å². The minimum atomic E-state index is 0. The van der Waals surface area contributed by atoms with E-state index in [1.54, 1.807) is 13.3 Å². The van der Waals surface area contributed by atoms with Crippen molar-refractivity contribution in [1.29, 1.82) is 0 Å². The highest BCUT2D eigenvalue weighted by Crippen LogP contribution is 2.16. The Bertz CT molecular complexity index is 533. The van der Waals surface area contributed by atoms with E-state index >= 15 is 0 Å². The van der Waals surface area contributed by atoms with Crippen LogP contribution in [0, 0.1) is 5.92 Å². The molecule has 1 saturated heterocycles. The normalized spacial score (nSPS) is 16.7. The van der Waals surface area contributed by atoms with Gasteiger partial charge in [0.2, 0.25) is 0 Å². The van der Waals surface area contributed by atoms with E-state index in [2.05, 4.69) is 27.4 Å². The van der Waals surface area contributed by atoms with Gasteiger partial charge in [-0.3, -0.25) is 4.99 Å². The Kier molecular flexibility index (Phi) is 14.0. The number of pyridine rings is 1. The van der Waals surface area contributed by atoms with Gasteiger partial charge in [-0.15, -0.1) is 24.0 Å². The van der Waals surface area contributed by atoms with E-state index in [-0.39, 0.29) is 24.0 Å². The van der Waals surface area contributed by atoms with Crippen molar-refractivity contribution >= 4 is 35.8 Å². The lowest BCUT2D eigenvalue weighted by Crippen LogP contribution is -2.40. The molecule has 0 aromatic carbocycles. The van der Waals surface area contributed by atoms with Gasteiger partial charge in [0, 0.05) is 51.9 Å². The molecule has 0 radical (unpaired) electrons. The number of likely N-dealkylation sites (tertiary alicyclic amines) is 1. The summed E-state index contributed by atoms with van der Waals surface area (Å²) in [7, 11) is 1.70. The number of ether oxygens (including phenoxy) is 2. The van der Waals surface area contributed by atoms with Crippen molar-refractivity contribution in [2.45, 2.75) is 26.2 Å². The number of aromatic nitrogens is 1. The third-order valence-electron chi connectivity index (χ3n) is 4.52. The van der Waals surface area contributed by atoms with Crippen molar-refractivity contribution in [3.63, 3.8) is 0 Å². The summed E-state index contributed by atoms with van der Waals surface area (Å²) in [6.07, 6.45) is 5.11. The molecule has 0 spiro atoms. The fraction of sp³-hybridized carbons (Fsp3) is 0.700. The molecule has 2 heterocycles. The van der Waals surface area contributed by atoms with Crippen LogP contribution in [0.15, 0.2) is 29.4 Å². The average molecular weight is 505 g/mol. The van der Waals surface area contributed by atoms with E-state index in [0.29, 0.717) is 19.1 Å². The minimum Gasteiger partial charge on any atom is -0.382 e. The SMILES string of the molecule is CCNC(=NCCCCNc1ccccn1)N1CCC(COCCOC)C1.I. The Morgan fingerprint density at radius 2 is 2.21 bits per heavy atom. The zero-order chi connectivity index (χ0) is 19.2. The monoisotopic (exact) mass is 505 g/mol. The molecule has 2 rings (SSSR count). The Labute approximate surface area is 186 Å². The van der Waals surface area contributed by atoms with E-state index in [9.17, 15) is 0 Å². The number of methoxy groups -OCH3 is 1. The minimum absolute atomic E-state index is 0. The molecule has 7 nitrogen and oxygen atoms in total. The maximum Gasteiger partial charge on any atom is 0.193 e. The maximum atomic E-state index is 5.68. The van der Waals surface area contributed by atoms with E-state index < -0.39 is 0 Å². The lowest BCUT2D eigenvalue weighted by atomic mass is 10.1. The lowest BCUT2D eigenvalue weighted by molar-refractivity contribution is 0.0536. The Balaban J connectivity index is 0.00000392. The molecule has 160 valence electrons. The molecule has 2 N–H and O–H groups in total. The van der Waals surface area contributed by atoms with Gasteiger partial charge in [0.15, 0.2) is 5.96 Å². The van der Waals surface area contributed by atoms with Crippen LogP contribution in [0.2, 0.25) is 0 Å². The van der Waals surface area contributed by atoms with Crippen molar-refractivity contribution in [1.82, 2.24) is 15.2 Å². The summed E-state index contributed by atoms with van der Waals surface area (Å²) in [5.41, 5.74) is 0. The summed E-state index contributed by atoms with van der Waals surface area (Å²) in [5, 5.41) is 6.77. The number of anilines is 1. The Morgan fingerprint density at radius 3 is 2.96 bits per heavy atom. The highest BCUT2D eigenvalue weighted by atomic mass is 127. The molecule has 28 heavy (non-hydrogen) atoms. The van der Waals surface area contributed by atoms with Crippen molar-refractivity contribution in [2.75, 3.05) is 65.0 Å². The summed E-state index contributed by atoms with van der Waals surface area (Å²) < 4.78 is 10.7. The molecule has 1 fully saturated rings. The summed E-state index contributed by atoms with van der Waals surface area (Å²) >= 11 is 0. The number of nitrogens with zero attached hydrogens (tertiary/aromatic N) is 3. The number of hydrogen-bond acceptors (Lipinski definition) is 5. The first-order valence-corrected chi connectivity index (χ1v) is 10.1. The third kappa shape index (κ3) is 9.88. The molecule has 1 unspecified atom stereocenters. The van der Waals surface area contributed by atoms with Crippen LogP contribution in [-0.4, -0.2) is 75.5 Å². The number of hydrogen-bond donors (Lipinski definition) is 2. The van der Waals surface area contributed by atoms with Crippen LogP contribution in [0.3, 0.4) is 0 Å². The fourth-order valence-corrected chi connectivity index (χ4v) is 3.08. The van der Waals surface area contributed by atoms with Gasteiger partial charge in [-0.25, -0.2) is 4.98 Å². The van der Waals surface area contributed by atoms with Crippen LogP contribution in [0.1, 0.15) is 26.2 Å². The largest absolute Gasteiger partial charge is 0.382 e. The number of guanidine groups is 1. The fourth-order valence-electron chi connectivity index (χ4n) is 3.08. The molecule has 1 aliphatic rings. The summed E-state index contributed by atoms with van der Waals surface area (Å²) in [6.45, 7) is 8.98. The van der Waals surface area contributed by atoms with E-state index in [4.69, 9.17) is 14.5 Å². The van der Waals surface area contributed by atoms with Crippen molar-refractivity contribution in [2.24, 2.45) is 10.9 Å². The molecule has 1 aliphatic heterocycles. The van der Waals surface area contributed by atoms with Gasteiger partial charge in [0.25, 0.3) is 0 Å². The topological polar surface area (TPSA) is 71.0 Å². The Hall–Kier alpha value is -1.13. The summed E-state index contributed by atoms with van der Waals surface area (Å²) in [4.78, 5) is 11.4. The number of nitrogens with one attached hydrogen (secondary N) is 2. The molecule has 0 aliphatic carbocycles. The second-order valence-electron chi connectivity index (χ2n) is 6.75. The van der Waals surface area contributed by atoms with Crippen LogP contribution in [-0.2, 0) is 9.47 Å². The summed E-state index contributed by atoms with van der Waals surface area (Å²) in [5.74, 6) is 2.55. The van der Waals surface area contributed by atoms with Gasteiger partial charge in [-0.05, 0) is 38.3 Å². The van der Waals surface area contributed by atoms with Crippen molar-refractivity contribution in [3.05, 3.63) is 24.4 Å². The molecule has 0 bridgehead atoms. The van der Waals surface area contributed by atoms with Crippen LogP contribution in [0.4, 0.5) is 5.82 Å². The molecular formula is C20H36IN5O2. The predicted molar refractivity (Wildman–Crippen MR) is 126 cm³/mol. The molecular weight excluding hydrogens is 469 g/mol. The van der Waals surface area contributed by atoms with Gasteiger partial charge in [0.05, 0.1) is 19.8 Å². The third-order valence-corrected chi connectivity index (χ3v) is 4.52. The number of unbranched alkanes of at least 4 members (excludes halogenated alkanes) is 1. The van der Waals surface area contributed by atoms with Gasteiger partial charge < -0.3 is 25.0 Å². The van der Waals surface area contributed by atoms with E-state index in [1.807, 2.05) is 18.2 Å². The maximum absolute atomic E-state index is 5.68. The molecule has 0 amide bonds. The zero-order valence-corrected chi connectivity index (χ0v) is 19.6.